The summed E-state index contributed by atoms with van der Waals surface area (Å²) in [6, 6.07) is 3.87. The monoisotopic (exact) mass is 230 g/mol. The van der Waals surface area contributed by atoms with Crippen molar-refractivity contribution in [3.05, 3.63) is 23.9 Å². The van der Waals surface area contributed by atoms with Crippen molar-refractivity contribution in [3.8, 4) is 0 Å². The van der Waals surface area contributed by atoms with Gasteiger partial charge in [-0.3, -0.25) is 4.79 Å². The third-order valence-electron chi connectivity index (χ3n) is 4.33. The Kier molecular flexibility index (Phi) is 2.61. The van der Waals surface area contributed by atoms with Crippen molar-refractivity contribution >= 4 is 11.7 Å². The first-order valence-electron chi connectivity index (χ1n) is 6.46. The molecule has 0 spiro atoms. The SMILES string of the molecule is Cc1cccnc1NC(=O)[C@H]1C[C@H]2CC[C@@H]1C2. The fourth-order valence-electron chi connectivity index (χ4n) is 3.39. The van der Waals surface area contributed by atoms with Gasteiger partial charge in [-0.2, -0.15) is 0 Å². The molecule has 1 aromatic heterocycles. The van der Waals surface area contributed by atoms with Crippen molar-refractivity contribution in [1.82, 2.24) is 4.98 Å². The van der Waals surface area contributed by atoms with E-state index in [1.807, 2.05) is 19.1 Å². The molecule has 17 heavy (non-hydrogen) atoms. The Balaban J connectivity index is 1.70. The smallest absolute Gasteiger partial charge is 0.228 e. The lowest BCUT2D eigenvalue weighted by molar-refractivity contribution is -0.121. The first kappa shape index (κ1) is 10.8. The van der Waals surface area contributed by atoms with Crippen molar-refractivity contribution in [2.75, 3.05) is 5.32 Å². The number of pyridine rings is 1. The summed E-state index contributed by atoms with van der Waals surface area (Å²) in [5.74, 6) is 2.57. The number of carbonyl (C=O) groups excluding carboxylic acids is 1. The number of aryl methyl sites for hydroxylation is 1. The quantitative estimate of drug-likeness (QED) is 0.848. The average molecular weight is 230 g/mol. The van der Waals surface area contributed by atoms with Crippen molar-refractivity contribution in [2.45, 2.75) is 32.6 Å². The Morgan fingerprint density at radius 2 is 2.29 bits per heavy atom. The summed E-state index contributed by atoms with van der Waals surface area (Å²) in [6.07, 6.45) is 6.64. The van der Waals surface area contributed by atoms with Crippen LogP contribution < -0.4 is 5.32 Å². The number of hydrogen-bond acceptors (Lipinski definition) is 2. The predicted octanol–water partition coefficient (Wildman–Crippen LogP) is 2.76. The maximum Gasteiger partial charge on any atom is 0.228 e. The Hall–Kier alpha value is -1.38. The van der Waals surface area contributed by atoms with Gasteiger partial charge in [0.25, 0.3) is 0 Å². The maximum atomic E-state index is 12.2. The molecular weight excluding hydrogens is 212 g/mol. The summed E-state index contributed by atoms with van der Waals surface area (Å²) in [5.41, 5.74) is 1.03. The summed E-state index contributed by atoms with van der Waals surface area (Å²) in [4.78, 5) is 16.4. The van der Waals surface area contributed by atoms with Gasteiger partial charge in [0.1, 0.15) is 5.82 Å². The molecule has 0 radical (unpaired) electrons. The molecular formula is C14H18N2O. The lowest BCUT2D eigenvalue weighted by Gasteiger charge is -2.20. The van der Waals surface area contributed by atoms with Gasteiger partial charge in [0.15, 0.2) is 0 Å². The molecule has 3 rings (SSSR count). The Labute approximate surface area is 102 Å². The first-order valence-corrected chi connectivity index (χ1v) is 6.46. The van der Waals surface area contributed by atoms with E-state index in [0.717, 1.165) is 23.7 Å². The van der Waals surface area contributed by atoms with E-state index in [4.69, 9.17) is 0 Å². The van der Waals surface area contributed by atoms with Crippen LogP contribution in [0.3, 0.4) is 0 Å². The van der Waals surface area contributed by atoms with E-state index in [1.54, 1.807) is 6.20 Å². The highest BCUT2D eigenvalue weighted by atomic mass is 16.2. The maximum absolute atomic E-state index is 12.2. The third-order valence-corrected chi connectivity index (χ3v) is 4.33. The number of aromatic nitrogens is 1. The lowest BCUT2D eigenvalue weighted by Crippen LogP contribution is -2.27. The molecule has 0 aromatic carbocycles. The summed E-state index contributed by atoms with van der Waals surface area (Å²) in [6.45, 7) is 1.98. The van der Waals surface area contributed by atoms with E-state index in [1.165, 1.54) is 19.3 Å². The molecule has 1 heterocycles. The van der Waals surface area contributed by atoms with E-state index in [9.17, 15) is 4.79 Å². The van der Waals surface area contributed by atoms with Crippen LogP contribution in [0, 0.1) is 24.7 Å². The van der Waals surface area contributed by atoms with Gasteiger partial charge in [-0.05, 0) is 49.7 Å². The van der Waals surface area contributed by atoms with Crippen molar-refractivity contribution < 1.29 is 4.79 Å². The molecule has 1 N–H and O–H groups in total. The highest BCUT2D eigenvalue weighted by Crippen LogP contribution is 2.48. The molecule has 2 aliphatic carbocycles. The molecule has 1 amide bonds. The second-order valence-electron chi connectivity index (χ2n) is 5.44. The summed E-state index contributed by atoms with van der Waals surface area (Å²) in [7, 11) is 0. The average Bonchev–Trinajstić information content (AvgIpc) is 2.94. The molecule has 2 saturated carbocycles. The van der Waals surface area contributed by atoms with Gasteiger partial charge in [0.2, 0.25) is 5.91 Å². The van der Waals surface area contributed by atoms with E-state index in [-0.39, 0.29) is 11.8 Å². The molecule has 3 atom stereocenters. The lowest BCUT2D eigenvalue weighted by atomic mass is 9.88. The number of nitrogens with zero attached hydrogens (tertiary/aromatic N) is 1. The highest BCUT2D eigenvalue weighted by Gasteiger charge is 2.43. The molecule has 3 heteroatoms. The largest absolute Gasteiger partial charge is 0.310 e. The second-order valence-corrected chi connectivity index (χ2v) is 5.44. The van der Waals surface area contributed by atoms with E-state index < -0.39 is 0 Å². The van der Waals surface area contributed by atoms with Gasteiger partial charge >= 0.3 is 0 Å². The van der Waals surface area contributed by atoms with E-state index >= 15 is 0 Å². The van der Waals surface area contributed by atoms with Gasteiger partial charge in [-0.1, -0.05) is 12.5 Å². The fourth-order valence-corrected chi connectivity index (χ4v) is 3.39. The van der Waals surface area contributed by atoms with Crippen molar-refractivity contribution in [3.63, 3.8) is 0 Å². The predicted molar refractivity (Wildman–Crippen MR) is 66.5 cm³/mol. The zero-order valence-electron chi connectivity index (χ0n) is 10.1. The van der Waals surface area contributed by atoms with Crippen LogP contribution in [-0.4, -0.2) is 10.9 Å². The van der Waals surface area contributed by atoms with Gasteiger partial charge in [-0.25, -0.2) is 4.98 Å². The van der Waals surface area contributed by atoms with Gasteiger partial charge in [-0.15, -0.1) is 0 Å². The standard InChI is InChI=1S/C14H18N2O/c1-9-3-2-6-15-13(9)16-14(17)12-8-10-4-5-11(12)7-10/h2-3,6,10-12H,4-5,7-8H2,1H3,(H,15,16,17)/t10-,11+,12-/m0/s1. The van der Waals surface area contributed by atoms with Crippen LogP contribution >= 0.6 is 0 Å². The molecule has 0 aliphatic heterocycles. The van der Waals surface area contributed by atoms with Crippen molar-refractivity contribution in [2.24, 2.45) is 17.8 Å². The van der Waals surface area contributed by atoms with E-state index in [2.05, 4.69) is 10.3 Å². The molecule has 3 nitrogen and oxygen atoms in total. The topological polar surface area (TPSA) is 42.0 Å². The van der Waals surface area contributed by atoms with Gasteiger partial charge in [0.05, 0.1) is 0 Å². The van der Waals surface area contributed by atoms with Gasteiger partial charge < -0.3 is 5.32 Å². The van der Waals surface area contributed by atoms with Crippen molar-refractivity contribution in [1.29, 1.82) is 0 Å². The number of nitrogens with one attached hydrogen (secondary N) is 1. The number of fused-ring (bicyclic) bond motifs is 2. The van der Waals surface area contributed by atoms with Crippen LogP contribution in [0.5, 0.6) is 0 Å². The Bertz CT molecular complexity index is 444. The Morgan fingerprint density at radius 3 is 2.94 bits per heavy atom. The third kappa shape index (κ3) is 1.94. The van der Waals surface area contributed by atoms with Crippen LogP contribution in [0.4, 0.5) is 5.82 Å². The molecule has 2 fully saturated rings. The molecule has 1 aromatic rings. The number of carbonyl (C=O) groups is 1. The molecule has 2 aliphatic rings. The number of anilines is 1. The van der Waals surface area contributed by atoms with Crippen LogP contribution in [-0.2, 0) is 4.79 Å². The van der Waals surface area contributed by atoms with E-state index in [0.29, 0.717) is 5.92 Å². The summed E-state index contributed by atoms with van der Waals surface area (Å²) in [5, 5.41) is 2.99. The zero-order chi connectivity index (χ0) is 11.8. The minimum atomic E-state index is 0.180. The van der Waals surface area contributed by atoms with Crippen LogP contribution in [0.25, 0.3) is 0 Å². The molecule has 0 saturated heterocycles. The highest BCUT2D eigenvalue weighted by molar-refractivity contribution is 5.92. The van der Waals surface area contributed by atoms with Crippen LogP contribution in [0.15, 0.2) is 18.3 Å². The fraction of sp³-hybridized carbons (Fsp3) is 0.571. The molecule has 2 bridgehead atoms. The Morgan fingerprint density at radius 1 is 1.41 bits per heavy atom. The minimum absolute atomic E-state index is 0.180. The zero-order valence-corrected chi connectivity index (χ0v) is 10.1. The van der Waals surface area contributed by atoms with Gasteiger partial charge in [0, 0.05) is 12.1 Å². The summed E-state index contributed by atoms with van der Waals surface area (Å²) >= 11 is 0. The number of hydrogen-bond donors (Lipinski definition) is 1. The number of rotatable bonds is 2. The summed E-state index contributed by atoms with van der Waals surface area (Å²) < 4.78 is 0. The van der Waals surface area contributed by atoms with Crippen LogP contribution in [0.1, 0.15) is 31.2 Å². The minimum Gasteiger partial charge on any atom is -0.310 e. The number of amides is 1. The normalized spacial score (nSPS) is 30.5. The first-order chi connectivity index (χ1) is 8.24. The molecule has 0 unspecified atom stereocenters. The van der Waals surface area contributed by atoms with Crippen LogP contribution in [0.2, 0.25) is 0 Å². The second kappa shape index (κ2) is 4.13. The molecule has 90 valence electrons.